The summed E-state index contributed by atoms with van der Waals surface area (Å²) >= 11 is 0. The number of aliphatic hydroxyl groups excluding tert-OH is 1. The largest absolute Gasteiger partial charge is 0.480 e. The molecular weight excluding hydrogens is 412 g/mol. The molecule has 0 bridgehead atoms. The number of benzene rings is 2. The molecule has 3 rings (SSSR count). The Morgan fingerprint density at radius 1 is 1.03 bits per heavy atom. The van der Waals surface area contributed by atoms with Gasteiger partial charge in [-0.2, -0.15) is 0 Å². The third-order valence-corrected chi connectivity index (χ3v) is 5.58. The molecule has 0 fully saturated rings. The van der Waals surface area contributed by atoms with Gasteiger partial charge in [-0.25, -0.2) is 9.59 Å². The lowest BCUT2D eigenvalue weighted by molar-refractivity contribution is -0.143. The van der Waals surface area contributed by atoms with Crippen molar-refractivity contribution < 1.29 is 29.3 Å². The van der Waals surface area contributed by atoms with E-state index in [1.807, 2.05) is 36.4 Å². The van der Waals surface area contributed by atoms with Crippen LogP contribution in [0.4, 0.5) is 4.79 Å². The molecule has 2 amide bonds. The van der Waals surface area contributed by atoms with E-state index >= 15 is 0 Å². The molecule has 0 aromatic heterocycles. The van der Waals surface area contributed by atoms with Gasteiger partial charge >= 0.3 is 12.1 Å². The van der Waals surface area contributed by atoms with Crippen LogP contribution in [0.2, 0.25) is 0 Å². The summed E-state index contributed by atoms with van der Waals surface area (Å²) in [4.78, 5) is 35.3. The van der Waals surface area contributed by atoms with Gasteiger partial charge in [0, 0.05) is 17.9 Å². The minimum Gasteiger partial charge on any atom is -0.480 e. The first-order valence-corrected chi connectivity index (χ1v) is 10.5. The lowest BCUT2D eigenvalue weighted by atomic mass is 9.98. The van der Waals surface area contributed by atoms with Crippen LogP contribution in [0.1, 0.15) is 43.7 Å². The van der Waals surface area contributed by atoms with Crippen LogP contribution in [0.3, 0.4) is 0 Å². The van der Waals surface area contributed by atoms with E-state index in [0.29, 0.717) is 0 Å². The predicted octanol–water partition coefficient (Wildman–Crippen LogP) is 2.65. The van der Waals surface area contributed by atoms with Gasteiger partial charge in [-0.05, 0) is 42.5 Å². The third kappa shape index (κ3) is 5.45. The van der Waals surface area contributed by atoms with Crippen molar-refractivity contribution >= 4 is 18.0 Å². The van der Waals surface area contributed by atoms with Crippen LogP contribution >= 0.6 is 0 Å². The number of carboxylic acids is 1. The number of rotatable bonds is 9. The maximum Gasteiger partial charge on any atom is 0.407 e. The first kappa shape index (κ1) is 23.3. The SMILES string of the molecule is CC(C)(CCC(=O)N[C@H](CO)C(=O)O)NC(=O)OCC1c2ccccc2-c2ccccc21. The highest BCUT2D eigenvalue weighted by Gasteiger charge is 2.30. The molecule has 0 saturated carbocycles. The van der Waals surface area contributed by atoms with Gasteiger partial charge in [-0.3, -0.25) is 4.79 Å². The number of ether oxygens (including phenoxy) is 1. The van der Waals surface area contributed by atoms with Gasteiger partial charge in [0.1, 0.15) is 12.6 Å². The Morgan fingerprint density at radius 3 is 2.12 bits per heavy atom. The van der Waals surface area contributed by atoms with Crippen molar-refractivity contribution in [3.63, 3.8) is 0 Å². The van der Waals surface area contributed by atoms with Crippen molar-refractivity contribution in [2.45, 2.75) is 44.2 Å². The van der Waals surface area contributed by atoms with Crippen molar-refractivity contribution in [1.82, 2.24) is 10.6 Å². The van der Waals surface area contributed by atoms with Crippen LogP contribution < -0.4 is 10.6 Å². The highest BCUT2D eigenvalue weighted by Crippen LogP contribution is 2.44. The molecule has 0 radical (unpaired) electrons. The molecule has 8 heteroatoms. The predicted molar refractivity (Wildman–Crippen MR) is 118 cm³/mol. The minimum absolute atomic E-state index is 0.0135. The van der Waals surface area contributed by atoms with E-state index in [9.17, 15) is 14.4 Å². The molecule has 0 spiro atoms. The minimum atomic E-state index is -1.35. The quantitative estimate of drug-likeness (QED) is 0.475. The molecule has 2 aromatic rings. The van der Waals surface area contributed by atoms with Crippen LogP contribution in [0.15, 0.2) is 48.5 Å². The van der Waals surface area contributed by atoms with E-state index in [1.165, 1.54) is 0 Å². The summed E-state index contributed by atoms with van der Waals surface area (Å²) in [5.41, 5.74) is 3.78. The maximum atomic E-state index is 12.5. The number of carbonyl (C=O) groups excluding carboxylic acids is 2. The number of alkyl carbamates (subject to hydrolysis) is 1. The third-order valence-electron chi connectivity index (χ3n) is 5.58. The van der Waals surface area contributed by atoms with Crippen molar-refractivity contribution in [3.05, 3.63) is 59.7 Å². The molecule has 0 aliphatic heterocycles. The highest BCUT2D eigenvalue weighted by atomic mass is 16.5. The van der Waals surface area contributed by atoms with Crippen molar-refractivity contribution in [3.8, 4) is 11.1 Å². The summed E-state index contributed by atoms with van der Waals surface area (Å²) in [5, 5.41) is 22.9. The fraction of sp³-hybridized carbons (Fsp3) is 0.375. The fourth-order valence-corrected chi connectivity index (χ4v) is 3.85. The van der Waals surface area contributed by atoms with Gasteiger partial charge in [0.2, 0.25) is 5.91 Å². The number of hydrogen-bond acceptors (Lipinski definition) is 5. The lowest BCUT2D eigenvalue weighted by Crippen LogP contribution is -2.46. The molecule has 4 N–H and O–H groups in total. The smallest absolute Gasteiger partial charge is 0.407 e. The van der Waals surface area contributed by atoms with Crippen LogP contribution in [0, 0.1) is 0 Å². The molecule has 32 heavy (non-hydrogen) atoms. The molecule has 1 aliphatic rings. The monoisotopic (exact) mass is 440 g/mol. The highest BCUT2D eigenvalue weighted by molar-refractivity contribution is 5.83. The van der Waals surface area contributed by atoms with E-state index < -0.39 is 36.2 Å². The summed E-state index contributed by atoms with van der Waals surface area (Å²) in [6, 6.07) is 14.8. The van der Waals surface area contributed by atoms with E-state index in [2.05, 4.69) is 22.8 Å². The van der Waals surface area contributed by atoms with Crippen LogP contribution in [0.25, 0.3) is 11.1 Å². The fourth-order valence-electron chi connectivity index (χ4n) is 3.85. The molecule has 8 nitrogen and oxygen atoms in total. The van der Waals surface area contributed by atoms with E-state index in [1.54, 1.807) is 13.8 Å². The molecule has 0 unspecified atom stereocenters. The van der Waals surface area contributed by atoms with Crippen molar-refractivity contribution in [1.29, 1.82) is 0 Å². The second-order valence-electron chi connectivity index (χ2n) is 8.48. The van der Waals surface area contributed by atoms with Gasteiger partial charge in [0.05, 0.1) is 6.61 Å². The van der Waals surface area contributed by atoms with E-state index in [-0.39, 0.29) is 25.4 Å². The number of amides is 2. The topological polar surface area (TPSA) is 125 Å². The molecule has 0 saturated heterocycles. The van der Waals surface area contributed by atoms with Gasteiger partial charge in [0.25, 0.3) is 0 Å². The zero-order valence-corrected chi connectivity index (χ0v) is 18.1. The Balaban J connectivity index is 1.53. The second-order valence-corrected chi connectivity index (χ2v) is 8.48. The summed E-state index contributed by atoms with van der Waals surface area (Å²) in [5.74, 6) is -1.88. The number of aliphatic hydroxyl groups is 1. The number of hydrogen-bond donors (Lipinski definition) is 4. The number of carboxylic acid groups (broad SMARTS) is 1. The Bertz CT molecular complexity index is 958. The Kier molecular flexibility index (Phi) is 7.15. The average Bonchev–Trinajstić information content (AvgIpc) is 3.08. The first-order chi connectivity index (χ1) is 15.2. The van der Waals surface area contributed by atoms with Gasteiger partial charge in [0.15, 0.2) is 0 Å². The summed E-state index contributed by atoms with van der Waals surface area (Å²) < 4.78 is 5.53. The number of fused-ring (bicyclic) bond motifs is 3. The summed E-state index contributed by atoms with van der Waals surface area (Å²) in [7, 11) is 0. The summed E-state index contributed by atoms with van der Waals surface area (Å²) in [6.07, 6.45) is -0.336. The number of aliphatic carboxylic acids is 1. The Labute approximate surface area is 186 Å². The number of carbonyl (C=O) groups is 3. The average molecular weight is 440 g/mol. The Hall–Kier alpha value is -3.39. The Morgan fingerprint density at radius 2 is 1.59 bits per heavy atom. The molecule has 2 aromatic carbocycles. The molecule has 1 atom stereocenters. The van der Waals surface area contributed by atoms with Gasteiger partial charge in [-0.15, -0.1) is 0 Å². The lowest BCUT2D eigenvalue weighted by Gasteiger charge is -2.26. The van der Waals surface area contributed by atoms with Crippen LogP contribution in [-0.4, -0.2) is 53.0 Å². The van der Waals surface area contributed by atoms with Crippen molar-refractivity contribution in [2.75, 3.05) is 13.2 Å². The first-order valence-electron chi connectivity index (χ1n) is 10.5. The van der Waals surface area contributed by atoms with E-state index in [0.717, 1.165) is 22.3 Å². The zero-order chi connectivity index (χ0) is 23.3. The zero-order valence-electron chi connectivity index (χ0n) is 18.1. The van der Waals surface area contributed by atoms with Gasteiger partial charge < -0.3 is 25.6 Å². The normalized spacial score (nSPS) is 13.6. The maximum absolute atomic E-state index is 12.5. The molecule has 170 valence electrons. The summed E-state index contributed by atoms with van der Waals surface area (Å²) in [6.45, 7) is 3.00. The standard InChI is InChI=1S/C24H28N2O6/c1-24(2,12-11-21(28)25-20(13-27)22(29)30)26-23(31)32-14-19-17-9-5-3-7-15(17)16-8-4-6-10-18(16)19/h3-10,19-20,27H,11-14H2,1-2H3,(H,25,28)(H,26,31)(H,29,30)/t20-/m1/s1. The number of nitrogens with one attached hydrogen (secondary N) is 2. The van der Waals surface area contributed by atoms with Gasteiger partial charge in [-0.1, -0.05) is 48.5 Å². The second kappa shape index (κ2) is 9.82. The van der Waals surface area contributed by atoms with Crippen LogP contribution in [-0.2, 0) is 14.3 Å². The van der Waals surface area contributed by atoms with Crippen molar-refractivity contribution in [2.24, 2.45) is 0 Å². The molecular formula is C24H28N2O6. The van der Waals surface area contributed by atoms with Crippen LogP contribution in [0.5, 0.6) is 0 Å². The van der Waals surface area contributed by atoms with E-state index in [4.69, 9.17) is 14.9 Å². The molecule has 0 heterocycles. The molecule has 1 aliphatic carbocycles.